The molecule has 1 saturated heterocycles. The number of pyridine rings is 1. The molecule has 1 aliphatic heterocycles. The van der Waals surface area contributed by atoms with Crippen LogP contribution < -0.4 is 10.6 Å². The van der Waals surface area contributed by atoms with Crippen molar-refractivity contribution in [1.29, 1.82) is 0 Å². The van der Waals surface area contributed by atoms with Crippen LogP contribution in [0.5, 0.6) is 0 Å². The Morgan fingerprint density at radius 2 is 1.78 bits per heavy atom. The largest absolute Gasteiger partial charge is 0.399 e. The van der Waals surface area contributed by atoms with Gasteiger partial charge in [-0.05, 0) is 35.9 Å². The maximum Gasteiger partial charge on any atom is 0.246 e. The van der Waals surface area contributed by atoms with Crippen LogP contribution in [0.3, 0.4) is 0 Å². The Bertz CT molecular complexity index is 674. The van der Waals surface area contributed by atoms with Crippen LogP contribution in [-0.4, -0.2) is 42.0 Å². The number of amides is 1. The lowest BCUT2D eigenvalue weighted by molar-refractivity contribution is -0.126. The van der Waals surface area contributed by atoms with Gasteiger partial charge in [0.05, 0.1) is 0 Å². The van der Waals surface area contributed by atoms with Gasteiger partial charge < -0.3 is 15.5 Å². The Kier molecular flexibility index (Phi) is 4.57. The lowest BCUT2D eigenvalue weighted by atomic mass is 10.2. The third-order valence-electron chi connectivity index (χ3n) is 3.92. The average molecular weight is 308 g/mol. The Hall–Kier alpha value is -2.82. The fraction of sp³-hybridized carbons (Fsp3) is 0.222. The van der Waals surface area contributed by atoms with E-state index in [0.29, 0.717) is 13.1 Å². The second-order valence-electron chi connectivity index (χ2n) is 5.50. The van der Waals surface area contributed by atoms with Gasteiger partial charge in [-0.15, -0.1) is 0 Å². The van der Waals surface area contributed by atoms with Gasteiger partial charge in [-0.3, -0.25) is 4.79 Å². The normalized spacial score (nSPS) is 15.1. The van der Waals surface area contributed by atoms with Crippen LogP contribution in [0.4, 0.5) is 11.5 Å². The van der Waals surface area contributed by atoms with Crippen molar-refractivity contribution in [1.82, 2.24) is 9.88 Å². The topological polar surface area (TPSA) is 62.5 Å². The van der Waals surface area contributed by atoms with E-state index >= 15 is 0 Å². The van der Waals surface area contributed by atoms with Crippen molar-refractivity contribution in [2.45, 2.75) is 0 Å². The number of nitrogen functional groups attached to an aromatic ring is 1. The predicted molar refractivity (Wildman–Crippen MR) is 92.9 cm³/mol. The van der Waals surface area contributed by atoms with Crippen molar-refractivity contribution in [3.63, 3.8) is 0 Å². The van der Waals surface area contributed by atoms with Crippen molar-refractivity contribution < 1.29 is 4.79 Å². The second kappa shape index (κ2) is 6.96. The Morgan fingerprint density at radius 1 is 1.04 bits per heavy atom. The summed E-state index contributed by atoms with van der Waals surface area (Å²) in [5.74, 6) is 1.01. The minimum absolute atomic E-state index is 0.0440. The summed E-state index contributed by atoms with van der Waals surface area (Å²) in [7, 11) is 0. The van der Waals surface area contributed by atoms with Crippen LogP contribution >= 0.6 is 0 Å². The van der Waals surface area contributed by atoms with E-state index in [1.165, 1.54) is 0 Å². The first-order valence-electron chi connectivity index (χ1n) is 7.71. The van der Waals surface area contributed by atoms with E-state index in [1.807, 2.05) is 53.4 Å². The summed E-state index contributed by atoms with van der Waals surface area (Å²) in [6.07, 6.45) is 5.25. The molecule has 1 fully saturated rings. The molecular weight excluding hydrogens is 288 g/mol. The van der Waals surface area contributed by atoms with Crippen LogP contribution in [0.1, 0.15) is 5.56 Å². The van der Waals surface area contributed by atoms with Crippen molar-refractivity contribution in [3.05, 3.63) is 60.3 Å². The lowest BCUT2D eigenvalue weighted by Crippen LogP contribution is -2.48. The zero-order valence-electron chi connectivity index (χ0n) is 12.9. The molecule has 2 heterocycles. The standard InChI is InChI=1S/C18H20N4O/c19-16-7-4-15(5-8-16)6-9-18(23)22-13-11-21(12-14-22)17-3-1-2-10-20-17/h1-10H,11-14,19H2/b9-6+. The Balaban J connectivity index is 1.55. The number of hydrogen-bond donors (Lipinski definition) is 1. The van der Waals surface area contributed by atoms with E-state index in [4.69, 9.17) is 5.73 Å². The molecule has 0 aliphatic carbocycles. The van der Waals surface area contributed by atoms with E-state index in [1.54, 1.807) is 12.3 Å². The van der Waals surface area contributed by atoms with Gasteiger partial charge in [0.15, 0.2) is 0 Å². The molecule has 3 rings (SSSR count). The van der Waals surface area contributed by atoms with Crippen LogP contribution in [0.2, 0.25) is 0 Å². The number of benzene rings is 1. The first-order chi connectivity index (χ1) is 11.2. The minimum atomic E-state index is 0.0440. The van der Waals surface area contributed by atoms with Gasteiger partial charge in [0.1, 0.15) is 5.82 Å². The summed E-state index contributed by atoms with van der Waals surface area (Å²) in [6.45, 7) is 3.03. The lowest BCUT2D eigenvalue weighted by Gasteiger charge is -2.34. The Labute approximate surface area is 136 Å². The molecule has 2 N–H and O–H groups in total. The molecule has 1 aliphatic rings. The van der Waals surface area contributed by atoms with E-state index < -0.39 is 0 Å². The number of piperazine rings is 1. The maximum atomic E-state index is 12.3. The summed E-state index contributed by atoms with van der Waals surface area (Å²) in [5, 5.41) is 0. The van der Waals surface area contributed by atoms with Crippen LogP contribution in [0, 0.1) is 0 Å². The highest BCUT2D eigenvalue weighted by molar-refractivity contribution is 5.92. The zero-order valence-corrected chi connectivity index (χ0v) is 12.9. The number of anilines is 2. The van der Waals surface area contributed by atoms with E-state index in [9.17, 15) is 4.79 Å². The van der Waals surface area contributed by atoms with Gasteiger partial charge in [0, 0.05) is 44.1 Å². The summed E-state index contributed by atoms with van der Waals surface area (Å²) in [5.41, 5.74) is 7.34. The third-order valence-corrected chi connectivity index (χ3v) is 3.92. The van der Waals surface area contributed by atoms with E-state index in [-0.39, 0.29) is 5.91 Å². The highest BCUT2D eigenvalue weighted by Gasteiger charge is 2.20. The van der Waals surface area contributed by atoms with Gasteiger partial charge in [-0.25, -0.2) is 4.98 Å². The van der Waals surface area contributed by atoms with Gasteiger partial charge in [0.2, 0.25) is 5.91 Å². The molecule has 0 saturated carbocycles. The quantitative estimate of drug-likeness (QED) is 0.696. The number of hydrogen-bond acceptors (Lipinski definition) is 4. The molecule has 0 atom stereocenters. The average Bonchev–Trinajstić information content (AvgIpc) is 2.62. The molecule has 23 heavy (non-hydrogen) atoms. The van der Waals surface area contributed by atoms with Crippen LogP contribution in [0.25, 0.3) is 6.08 Å². The molecule has 2 aromatic rings. The maximum absolute atomic E-state index is 12.3. The highest BCUT2D eigenvalue weighted by atomic mass is 16.2. The fourth-order valence-electron chi connectivity index (χ4n) is 2.58. The highest BCUT2D eigenvalue weighted by Crippen LogP contribution is 2.13. The number of nitrogens with zero attached hydrogens (tertiary/aromatic N) is 3. The predicted octanol–water partition coefficient (Wildman–Crippen LogP) is 2.03. The summed E-state index contributed by atoms with van der Waals surface area (Å²) < 4.78 is 0. The number of aromatic nitrogens is 1. The number of nitrogens with two attached hydrogens (primary N) is 1. The van der Waals surface area contributed by atoms with Crippen molar-refractivity contribution >= 4 is 23.5 Å². The molecule has 0 spiro atoms. The van der Waals surface area contributed by atoms with Crippen LogP contribution in [0.15, 0.2) is 54.7 Å². The van der Waals surface area contributed by atoms with E-state index in [0.717, 1.165) is 30.2 Å². The summed E-state index contributed by atoms with van der Waals surface area (Å²) in [4.78, 5) is 20.7. The molecule has 0 radical (unpaired) electrons. The van der Waals surface area contributed by atoms with Crippen molar-refractivity contribution in [2.24, 2.45) is 0 Å². The molecule has 0 bridgehead atoms. The van der Waals surface area contributed by atoms with Gasteiger partial charge in [0.25, 0.3) is 0 Å². The van der Waals surface area contributed by atoms with E-state index in [2.05, 4.69) is 9.88 Å². The van der Waals surface area contributed by atoms with Gasteiger partial charge >= 0.3 is 0 Å². The molecule has 1 aromatic carbocycles. The first kappa shape index (κ1) is 15.1. The number of rotatable bonds is 3. The van der Waals surface area contributed by atoms with Gasteiger partial charge in [-0.2, -0.15) is 0 Å². The molecule has 5 heteroatoms. The molecular formula is C18H20N4O. The molecule has 1 amide bonds. The number of carbonyl (C=O) groups excluding carboxylic acids is 1. The molecule has 5 nitrogen and oxygen atoms in total. The van der Waals surface area contributed by atoms with Gasteiger partial charge in [-0.1, -0.05) is 18.2 Å². The van der Waals surface area contributed by atoms with Crippen molar-refractivity contribution in [3.8, 4) is 0 Å². The smallest absolute Gasteiger partial charge is 0.246 e. The monoisotopic (exact) mass is 308 g/mol. The van der Waals surface area contributed by atoms with Crippen LogP contribution in [-0.2, 0) is 4.79 Å². The van der Waals surface area contributed by atoms with Crippen molar-refractivity contribution in [2.75, 3.05) is 36.8 Å². The molecule has 118 valence electrons. The second-order valence-corrected chi connectivity index (χ2v) is 5.50. The molecule has 1 aromatic heterocycles. The minimum Gasteiger partial charge on any atom is -0.399 e. The fourth-order valence-corrected chi connectivity index (χ4v) is 2.58. The summed E-state index contributed by atoms with van der Waals surface area (Å²) in [6, 6.07) is 13.3. The first-order valence-corrected chi connectivity index (χ1v) is 7.71. The molecule has 0 unspecified atom stereocenters. The zero-order chi connectivity index (χ0) is 16.1. The Morgan fingerprint density at radius 3 is 2.43 bits per heavy atom. The summed E-state index contributed by atoms with van der Waals surface area (Å²) >= 11 is 0. The number of carbonyl (C=O) groups is 1. The third kappa shape index (κ3) is 3.88. The SMILES string of the molecule is Nc1ccc(/C=C/C(=O)N2CCN(c3ccccn3)CC2)cc1.